The number of ether oxygens (including phenoxy) is 1. The highest BCUT2D eigenvalue weighted by molar-refractivity contribution is 7.88. The first-order chi connectivity index (χ1) is 12.8. The molecule has 1 atom stereocenters. The summed E-state index contributed by atoms with van der Waals surface area (Å²) in [5.41, 5.74) is 0.767. The second-order valence-electron chi connectivity index (χ2n) is 7.73. The minimum absolute atomic E-state index is 0.0194. The number of nitrogens with zero attached hydrogens (tertiary/aromatic N) is 1. The highest BCUT2D eigenvalue weighted by atomic mass is 32.2. The average molecular weight is 395 g/mol. The highest BCUT2D eigenvalue weighted by Gasteiger charge is 2.40. The molecule has 0 aliphatic carbocycles. The molecule has 1 amide bonds. The number of nitrogens with one attached hydrogen (secondary N) is 1. The molecule has 1 aromatic rings. The van der Waals surface area contributed by atoms with Crippen molar-refractivity contribution in [2.45, 2.75) is 57.6 Å². The molecular formula is C20H30N2O4S. The van der Waals surface area contributed by atoms with Gasteiger partial charge in [-0.1, -0.05) is 32.0 Å². The van der Waals surface area contributed by atoms with Gasteiger partial charge in [0.15, 0.2) is 0 Å². The van der Waals surface area contributed by atoms with Gasteiger partial charge in [-0.05, 0) is 31.7 Å². The first-order valence-corrected chi connectivity index (χ1v) is 11.7. The van der Waals surface area contributed by atoms with E-state index in [-0.39, 0.29) is 23.5 Å². The number of amides is 1. The van der Waals surface area contributed by atoms with Crippen molar-refractivity contribution in [3.05, 3.63) is 29.8 Å². The molecule has 2 heterocycles. The van der Waals surface area contributed by atoms with Crippen LogP contribution >= 0.6 is 0 Å². The van der Waals surface area contributed by atoms with Gasteiger partial charge in [-0.15, -0.1) is 0 Å². The lowest BCUT2D eigenvalue weighted by Gasteiger charge is -2.42. The van der Waals surface area contributed by atoms with Gasteiger partial charge < -0.3 is 10.1 Å². The zero-order chi connectivity index (χ0) is 19.7. The fourth-order valence-corrected chi connectivity index (χ4v) is 5.04. The van der Waals surface area contributed by atoms with Gasteiger partial charge in [-0.2, -0.15) is 0 Å². The largest absolute Gasteiger partial charge is 0.487 e. The number of hydrogen-bond donors (Lipinski definition) is 1. The number of rotatable bonds is 5. The molecule has 150 valence electrons. The highest BCUT2D eigenvalue weighted by Crippen LogP contribution is 2.42. The third-order valence-electron chi connectivity index (χ3n) is 6.10. The van der Waals surface area contributed by atoms with Crippen LogP contribution in [0.15, 0.2) is 24.3 Å². The number of piperidine rings is 1. The van der Waals surface area contributed by atoms with Crippen molar-refractivity contribution >= 4 is 15.9 Å². The Bertz CT molecular complexity index is 781. The Kier molecular flexibility index (Phi) is 5.82. The van der Waals surface area contributed by atoms with Gasteiger partial charge in [0.25, 0.3) is 0 Å². The molecule has 1 N–H and O–H groups in total. The van der Waals surface area contributed by atoms with Crippen molar-refractivity contribution in [2.24, 2.45) is 5.92 Å². The Morgan fingerprint density at radius 2 is 1.85 bits per heavy atom. The maximum Gasteiger partial charge on any atom is 0.223 e. The summed E-state index contributed by atoms with van der Waals surface area (Å²) >= 11 is 0. The van der Waals surface area contributed by atoms with Gasteiger partial charge in [0.2, 0.25) is 15.9 Å². The number of carbonyl (C=O) groups is 1. The summed E-state index contributed by atoms with van der Waals surface area (Å²) < 4.78 is 31.1. The van der Waals surface area contributed by atoms with Crippen molar-refractivity contribution < 1.29 is 17.9 Å². The van der Waals surface area contributed by atoms with Crippen molar-refractivity contribution in [3.8, 4) is 5.75 Å². The summed E-state index contributed by atoms with van der Waals surface area (Å²) in [4.78, 5) is 12.9. The van der Waals surface area contributed by atoms with E-state index in [0.717, 1.165) is 30.6 Å². The minimum Gasteiger partial charge on any atom is -0.487 e. The summed E-state index contributed by atoms with van der Waals surface area (Å²) in [6.07, 6.45) is 4.88. The lowest BCUT2D eigenvalue weighted by molar-refractivity contribution is -0.127. The first-order valence-electron chi connectivity index (χ1n) is 9.81. The topological polar surface area (TPSA) is 75.7 Å². The van der Waals surface area contributed by atoms with E-state index in [4.69, 9.17) is 4.74 Å². The van der Waals surface area contributed by atoms with Crippen LogP contribution in [0.4, 0.5) is 0 Å². The molecule has 0 aromatic heterocycles. The van der Waals surface area contributed by atoms with Crippen LogP contribution in [0.25, 0.3) is 0 Å². The van der Waals surface area contributed by atoms with Gasteiger partial charge in [0, 0.05) is 31.0 Å². The SMILES string of the molecule is CCC1(CC)C[C@@H](NC(=O)C2CCN(S(C)(=O)=O)CC2)c2ccccc2O1. The van der Waals surface area contributed by atoms with E-state index in [1.165, 1.54) is 10.6 Å². The van der Waals surface area contributed by atoms with E-state index < -0.39 is 10.0 Å². The molecule has 0 bridgehead atoms. The minimum atomic E-state index is -3.18. The Hall–Kier alpha value is -1.60. The third-order valence-corrected chi connectivity index (χ3v) is 7.40. The maximum absolute atomic E-state index is 12.9. The van der Waals surface area contributed by atoms with E-state index in [2.05, 4.69) is 19.2 Å². The second-order valence-corrected chi connectivity index (χ2v) is 9.71. The lowest BCUT2D eigenvalue weighted by Crippen LogP contribution is -2.47. The molecule has 1 fully saturated rings. The van der Waals surface area contributed by atoms with Crippen LogP contribution in [-0.2, 0) is 14.8 Å². The van der Waals surface area contributed by atoms with Gasteiger partial charge in [0.1, 0.15) is 11.4 Å². The van der Waals surface area contributed by atoms with Crippen LogP contribution in [0, 0.1) is 5.92 Å². The summed E-state index contributed by atoms with van der Waals surface area (Å²) in [5, 5.41) is 3.23. The Morgan fingerprint density at radius 1 is 1.22 bits per heavy atom. The summed E-state index contributed by atoms with van der Waals surface area (Å²) in [5.74, 6) is 0.728. The molecule has 1 aromatic carbocycles. The van der Waals surface area contributed by atoms with Crippen molar-refractivity contribution in [3.63, 3.8) is 0 Å². The van der Waals surface area contributed by atoms with Crippen molar-refractivity contribution in [2.75, 3.05) is 19.3 Å². The number of carbonyl (C=O) groups excluding carboxylic acids is 1. The molecular weight excluding hydrogens is 364 g/mol. The molecule has 3 rings (SSSR count). The molecule has 6 nitrogen and oxygen atoms in total. The molecule has 2 aliphatic heterocycles. The molecule has 0 saturated carbocycles. The summed E-state index contributed by atoms with van der Waals surface area (Å²) in [6.45, 7) is 5.07. The summed E-state index contributed by atoms with van der Waals surface area (Å²) in [6, 6.07) is 7.84. The maximum atomic E-state index is 12.9. The first kappa shape index (κ1) is 20.1. The Balaban J connectivity index is 1.72. The van der Waals surface area contributed by atoms with E-state index >= 15 is 0 Å². The van der Waals surface area contributed by atoms with Crippen LogP contribution in [-0.4, -0.2) is 43.6 Å². The van der Waals surface area contributed by atoms with Crippen LogP contribution in [0.3, 0.4) is 0 Å². The Labute approximate surface area is 162 Å². The number of benzene rings is 1. The fourth-order valence-electron chi connectivity index (χ4n) is 4.17. The standard InChI is InChI=1S/C20H30N2O4S/c1-4-20(5-2)14-17(16-8-6-7-9-18(16)26-20)21-19(23)15-10-12-22(13-11-15)27(3,24)25/h6-9,15,17H,4-5,10-14H2,1-3H3,(H,21,23)/t17-/m1/s1. The van der Waals surface area contributed by atoms with E-state index in [0.29, 0.717) is 25.9 Å². The average Bonchev–Trinajstić information content (AvgIpc) is 2.67. The van der Waals surface area contributed by atoms with Gasteiger partial charge >= 0.3 is 0 Å². The number of fused-ring (bicyclic) bond motifs is 1. The van der Waals surface area contributed by atoms with Gasteiger partial charge in [-0.3, -0.25) is 4.79 Å². The molecule has 27 heavy (non-hydrogen) atoms. The van der Waals surface area contributed by atoms with Gasteiger partial charge in [0.05, 0.1) is 12.3 Å². The molecule has 0 radical (unpaired) electrons. The number of para-hydroxylation sites is 1. The molecule has 0 spiro atoms. The quantitative estimate of drug-likeness (QED) is 0.833. The second kappa shape index (κ2) is 7.80. The third kappa shape index (κ3) is 4.29. The molecule has 2 aliphatic rings. The molecule has 1 saturated heterocycles. The number of sulfonamides is 1. The van der Waals surface area contributed by atoms with Crippen LogP contribution < -0.4 is 10.1 Å². The van der Waals surface area contributed by atoms with Crippen molar-refractivity contribution in [1.82, 2.24) is 9.62 Å². The predicted octanol–water partition coefficient (Wildman–Crippen LogP) is 2.86. The zero-order valence-electron chi connectivity index (χ0n) is 16.4. The summed E-state index contributed by atoms with van der Waals surface area (Å²) in [7, 11) is -3.18. The Morgan fingerprint density at radius 3 is 2.44 bits per heavy atom. The van der Waals surface area contributed by atoms with Crippen LogP contribution in [0.1, 0.15) is 57.6 Å². The predicted molar refractivity (Wildman–Crippen MR) is 105 cm³/mol. The van der Waals surface area contributed by atoms with Crippen molar-refractivity contribution in [1.29, 1.82) is 0 Å². The molecule has 0 unspecified atom stereocenters. The lowest BCUT2D eigenvalue weighted by atomic mass is 9.83. The van der Waals surface area contributed by atoms with Gasteiger partial charge in [-0.25, -0.2) is 12.7 Å². The zero-order valence-corrected chi connectivity index (χ0v) is 17.2. The fraction of sp³-hybridized carbons (Fsp3) is 0.650. The smallest absolute Gasteiger partial charge is 0.223 e. The number of hydrogen-bond acceptors (Lipinski definition) is 4. The van der Waals surface area contributed by atoms with E-state index in [1.807, 2.05) is 24.3 Å². The molecule has 7 heteroatoms. The van der Waals surface area contributed by atoms with Crippen LogP contribution in [0.2, 0.25) is 0 Å². The monoisotopic (exact) mass is 394 g/mol. The van der Waals surface area contributed by atoms with E-state index in [1.54, 1.807) is 0 Å². The normalized spacial score (nSPS) is 23.3. The van der Waals surface area contributed by atoms with E-state index in [9.17, 15) is 13.2 Å². The van der Waals surface area contributed by atoms with Crippen LogP contribution in [0.5, 0.6) is 5.75 Å².